The Labute approximate surface area is 106 Å². The first-order valence-electron chi connectivity index (χ1n) is 4.88. The summed E-state index contributed by atoms with van der Waals surface area (Å²) < 4.78 is 62.8. The van der Waals surface area contributed by atoms with Crippen LogP contribution in [0.15, 0.2) is 23.2 Å². The molecule has 106 valence electrons. The standard InChI is InChI=1S/C9H9F3N2O4S/c10-9(11,12)8-6(2-1-4-13-8)19(17,18)14-5-3-7(15)16/h1-2,4,14H,3,5H2,(H,15,16). The van der Waals surface area contributed by atoms with Gasteiger partial charge in [-0.15, -0.1) is 0 Å². The van der Waals surface area contributed by atoms with Crippen molar-refractivity contribution >= 4 is 16.0 Å². The number of hydrogen-bond acceptors (Lipinski definition) is 4. The Balaban J connectivity index is 3.05. The zero-order chi connectivity index (χ0) is 14.7. The molecule has 1 aromatic rings. The molecule has 10 heteroatoms. The van der Waals surface area contributed by atoms with Crippen LogP contribution in [0.2, 0.25) is 0 Å². The summed E-state index contributed by atoms with van der Waals surface area (Å²) in [5, 5.41) is 8.34. The first-order valence-corrected chi connectivity index (χ1v) is 6.36. The lowest BCUT2D eigenvalue weighted by Crippen LogP contribution is -2.28. The molecule has 0 atom stereocenters. The zero-order valence-electron chi connectivity index (χ0n) is 9.31. The third-order valence-corrected chi connectivity index (χ3v) is 3.45. The highest BCUT2D eigenvalue weighted by molar-refractivity contribution is 7.89. The third-order valence-electron chi connectivity index (χ3n) is 1.96. The lowest BCUT2D eigenvalue weighted by molar-refractivity contribution is -0.143. The van der Waals surface area contributed by atoms with E-state index in [9.17, 15) is 26.4 Å². The molecule has 0 aliphatic heterocycles. The largest absolute Gasteiger partial charge is 0.481 e. The number of aromatic nitrogens is 1. The number of sulfonamides is 1. The van der Waals surface area contributed by atoms with Gasteiger partial charge in [-0.25, -0.2) is 13.1 Å². The van der Waals surface area contributed by atoms with Crippen LogP contribution >= 0.6 is 0 Å². The smallest absolute Gasteiger partial charge is 0.434 e. The van der Waals surface area contributed by atoms with Gasteiger partial charge in [0.05, 0.1) is 6.42 Å². The fourth-order valence-electron chi connectivity index (χ4n) is 1.19. The number of nitrogens with zero attached hydrogens (tertiary/aromatic N) is 1. The summed E-state index contributed by atoms with van der Waals surface area (Å²) in [6, 6.07) is 1.79. The van der Waals surface area contributed by atoms with E-state index in [0.29, 0.717) is 0 Å². The molecule has 0 saturated heterocycles. The second-order valence-electron chi connectivity index (χ2n) is 3.39. The van der Waals surface area contributed by atoms with Gasteiger partial charge in [0, 0.05) is 12.7 Å². The van der Waals surface area contributed by atoms with Crippen molar-refractivity contribution in [1.82, 2.24) is 9.71 Å². The molecule has 19 heavy (non-hydrogen) atoms. The Hall–Kier alpha value is -1.68. The van der Waals surface area contributed by atoms with Gasteiger partial charge in [0.15, 0.2) is 5.69 Å². The average Bonchev–Trinajstić information content (AvgIpc) is 2.27. The van der Waals surface area contributed by atoms with Crippen molar-refractivity contribution in [3.63, 3.8) is 0 Å². The maximum Gasteiger partial charge on any atom is 0.434 e. The van der Waals surface area contributed by atoms with Crippen LogP contribution in [0.5, 0.6) is 0 Å². The van der Waals surface area contributed by atoms with Gasteiger partial charge in [-0.3, -0.25) is 9.78 Å². The van der Waals surface area contributed by atoms with Gasteiger partial charge in [-0.05, 0) is 12.1 Å². The minimum absolute atomic E-state index is 0.510. The first kappa shape index (κ1) is 15.4. The molecule has 0 bridgehead atoms. The number of alkyl halides is 3. The van der Waals surface area contributed by atoms with Gasteiger partial charge in [0.1, 0.15) is 4.90 Å². The molecule has 0 fully saturated rings. The van der Waals surface area contributed by atoms with E-state index in [-0.39, 0.29) is 0 Å². The second kappa shape index (κ2) is 5.53. The molecule has 1 aromatic heterocycles. The quantitative estimate of drug-likeness (QED) is 0.840. The van der Waals surface area contributed by atoms with E-state index in [0.717, 1.165) is 18.3 Å². The monoisotopic (exact) mass is 298 g/mol. The minimum Gasteiger partial charge on any atom is -0.481 e. The van der Waals surface area contributed by atoms with E-state index in [4.69, 9.17) is 5.11 Å². The lowest BCUT2D eigenvalue weighted by atomic mass is 10.3. The maximum atomic E-state index is 12.6. The maximum absolute atomic E-state index is 12.6. The van der Waals surface area contributed by atoms with Gasteiger partial charge in [-0.2, -0.15) is 13.2 Å². The molecule has 0 aromatic carbocycles. The van der Waals surface area contributed by atoms with Crippen LogP contribution in [0.1, 0.15) is 12.1 Å². The fourth-order valence-corrected chi connectivity index (χ4v) is 2.40. The van der Waals surface area contributed by atoms with E-state index in [1.165, 1.54) is 0 Å². The predicted molar refractivity (Wildman–Crippen MR) is 56.7 cm³/mol. The predicted octanol–water partition coefficient (Wildman–Crippen LogP) is 0.853. The van der Waals surface area contributed by atoms with Crippen LogP contribution in [-0.4, -0.2) is 31.0 Å². The number of carboxylic acid groups (broad SMARTS) is 1. The molecule has 2 N–H and O–H groups in total. The molecule has 0 amide bonds. The summed E-state index contributed by atoms with van der Waals surface area (Å²) >= 11 is 0. The van der Waals surface area contributed by atoms with Gasteiger partial charge in [0.2, 0.25) is 10.0 Å². The minimum atomic E-state index is -4.92. The van der Waals surface area contributed by atoms with Crippen LogP contribution in [0.25, 0.3) is 0 Å². The molecule has 6 nitrogen and oxygen atoms in total. The van der Waals surface area contributed by atoms with E-state index < -0.39 is 45.7 Å². The molecule has 1 heterocycles. The van der Waals surface area contributed by atoms with E-state index in [1.54, 1.807) is 4.72 Å². The van der Waals surface area contributed by atoms with Crippen LogP contribution in [0.4, 0.5) is 13.2 Å². The summed E-state index contributed by atoms with van der Waals surface area (Å²) in [4.78, 5) is 12.2. The average molecular weight is 298 g/mol. The van der Waals surface area contributed by atoms with E-state index >= 15 is 0 Å². The lowest BCUT2D eigenvalue weighted by Gasteiger charge is -2.12. The van der Waals surface area contributed by atoms with Crippen molar-refractivity contribution in [2.45, 2.75) is 17.5 Å². The molecule has 1 rings (SSSR count). The van der Waals surface area contributed by atoms with Crippen molar-refractivity contribution in [2.75, 3.05) is 6.54 Å². The molecule has 0 aliphatic rings. The van der Waals surface area contributed by atoms with Crippen LogP contribution in [0.3, 0.4) is 0 Å². The van der Waals surface area contributed by atoms with Crippen LogP contribution in [-0.2, 0) is 21.0 Å². The van der Waals surface area contributed by atoms with Crippen molar-refractivity contribution in [3.8, 4) is 0 Å². The van der Waals surface area contributed by atoms with Crippen LogP contribution in [0, 0.1) is 0 Å². The highest BCUT2D eigenvalue weighted by atomic mass is 32.2. The summed E-state index contributed by atoms with van der Waals surface area (Å²) in [6.45, 7) is -0.510. The highest BCUT2D eigenvalue weighted by Crippen LogP contribution is 2.31. The molecule has 0 spiro atoms. The van der Waals surface area contributed by atoms with Crippen molar-refractivity contribution in [2.24, 2.45) is 0 Å². The number of nitrogens with one attached hydrogen (secondary N) is 1. The third kappa shape index (κ3) is 4.17. The fraction of sp³-hybridized carbons (Fsp3) is 0.333. The van der Waals surface area contributed by atoms with Crippen LogP contribution < -0.4 is 4.72 Å². The van der Waals surface area contributed by atoms with E-state index in [1.807, 2.05) is 0 Å². The molecular formula is C9H9F3N2O4S. The Morgan fingerprint density at radius 3 is 2.58 bits per heavy atom. The zero-order valence-corrected chi connectivity index (χ0v) is 10.1. The highest BCUT2D eigenvalue weighted by Gasteiger charge is 2.38. The van der Waals surface area contributed by atoms with E-state index in [2.05, 4.69) is 4.98 Å². The number of carbonyl (C=O) groups is 1. The second-order valence-corrected chi connectivity index (χ2v) is 5.12. The van der Waals surface area contributed by atoms with Gasteiger partial charge < -0.3 is 5.11 Å². The van der Waals surface area contributed by atoms with Gasteiger partial charge in [0.25, 0.3) is 0 Å². The Morgan fingerprint density at radius 2 is 2.05 bits per heavy atom. The summed E-state index contributed by atoms with van der Waals surface area (Å²) in [6.07, 6.45) is -4.64. The molecule has 0 radical (unpaired) electrons. The van der Waals surface area contributed by atoms with Crippen molar-refractivity contribution in [3.05, 3.63) is 24.0 Å². The first-order chi connectivity index (χ1) is 8.64. The summed E-state index contributed by atoms with van der Waals surface area (Å²) in [5.74, 6) is -1.27. The van der Waals surface area contributed by atoms with Gasteiger partial charge >= 0.3 is 12.1 Å². The Morgan fingerprint density at radius 1 is 1.42 bits per heavy atom. The normalized spacial score (nSPS) is 12.4. The number of halogens is 3. The number of aliphatic carboxylic acids is 1. The van der Waals surface area contributed by atoms with Gasteiger partial charge in [-0.1, -0.05) is 0 Å². The Kier molecular flexibility index (Phi) is 4.48. The molecule has 0 aliphatic carbocycles. The number of hydrogen-bond donors (Lipinski definition) is 2. The summed E-state index contributed by atoms with van der Waals surface area (Å²) in [5.41, 5.74) is -1.54. The SMILES string of the molecule is O=C(O)CCNS(=O)(=O)c1cccnc1C(F)(F)F. The number of carboxylic acids is 1. The number of rotatable bonds is 5. The number of pyridine rings is 1. The molecular weight excluding hydrogens is 289 g/mol. The van der Waals surface area contributed by atoms with Crippen molar-refractivity contribution < 1.29 is 31.5 Å². The molecule has 0 saturated carbocycles. The van der Waals surface area contributed by atoms with Crippen molar-refractivity contribution in [1.29, 1.82) is 0 Å². The topological polar surface area (TPSA) is 96.4 Å². The summed E-state index contributed by atoms with van der Waals surface area (Å²) in [7, 11) is -4.47. The Bertz CT molecular complexity index is 571. The molecule has 0 unspecified atom stereocenters.